The number of hydrogen-bond donors (Lipinski definition) is 1. The zero-order chi connectivity index (χ0) is 13.9. The number of rotatable bonds is 5. The molecule has 4 nitrogen and oxygen atoms in total. The molecule has 0 radical (unpaired) electrons. The molecule has 0 aliphatic heterocycles. The molecule has 104 valence electrons. The van der Waals surface area contributed by atoms with Gasteiger partial charge in [-0.05, 0) is 25.8 Å². The Bertz CT molecular complexity index is 547. The van der Waals surface area contributed by atoms with Crippen LogP contribution in [0.3, 0.4) is 0 Å². The molecule has 0 aliphatic rings. The van der Waals surface area contributed by atoms with Gasteiger partial charge >= 0.3 is 6.18 Å². The van der Waals surface area contributed by atoms with E-state index in [4.69, 9.17) is 0 Å². The van der Waals surface area contributed by atoms with Crippen molar-refractivity contribution < 1.29 is 13.2 Å². The molecule has 2 heterocycles. The smallest absolute Gasteiger partial charge is 0.368 e. The fourth-order valence-corrected chi connectivity index (χ4v) is 1.84. The van der Waals surface area contributed by atoms with E-state index in [0.717, 1.165) is 11.2 Å². The molecule has 0 atom stereocenters. The maximum Gasteiger partial charge on any atom is 0.389 e. The monoisotopic (exact) mass is 272 g/mol. The van der Waals surface area contributed by atoms with E-state index < -0.39 is 12.6 Å². The predicted octanol–water partition coefficient (Wildman–Crippen LogP) is 3.18. The molecule has 2 aromatic heterocycles. The lowest BCUT2D eigenvalue weighted by atomic mass is 10.2. The van der Waals surface area contributed by atoms with Crippen LogP contribution < -0.4 is 5.32 Å². The molecule has 0 aromatic carbocycles. The van der Waals surface area contributed by atoms with Crippen molar-refractivity contribution in [1.29, 1.82) is 0 Å². The van der Waals surface area contributed by atoms with Crippen LogP contribution >= 0.6 is 0 Å². The Morgan fingerprint density at radius 2 is 2.11 bits per heavy atom. The van der Waals surface area contributed by atoms with Crippen LogP contribution in [0.15, 0.2) is 18.5 Å². The lowest BCUT2D eigenvalue weighted by Gasteiger charge is -2.08. The van der Waals surface area contributed by atoms with Crippen molar-refractivity contribution in [1.82, 2.24) is 14.6 Å². The van der Waals surface area contributed by atoms with Crippen molar-refractivity contribution in [2.45, 2.75) is 32.4 Å². The minimum Gasteiger partial charge on any atom is -0.368 e. The zero-order valence-corrected chi connectivity index (χ0v) is 10.5. The van der Waals surface area contributed by atoms with Gasteiger partial charge < -0.3 is 5.32 Å². The summed E-state index contributed by atoms with van der Waals surface area (Å²) < 4.78 is 37.6. The minimum absolute atomic E-state index is 0.123. The largest absolute Gasteiger partial charge is 0.389 e. The second kappa shape index (κ2) is 5.46. The molecule has 0 bridgehead atoms. The number of halogens is 3. The molecule has 0 saturated heterocycles. The van der Waals surface area contributed by atoms with Crippen LogP contribution in [0.1, 0.15) is 25.0 Å². The van der Waals surface area contributed by atoms with E-state index >= 15 is 0 Å². The molecule has 0 aliphatic carbocycles. The second-order valence-corrected chi connectivity index (χ2v) is 4.39. The average molecular weight is 272 g/mol. The normalized spacial score (nSPS) is 12.0. The number of unbranched alkanes of at least 4 members (excludes halogenated alkanes) is 1. The topological polar surface area (TPSA) is 42.2 Å². The summed E-state index contributed by atoms with van der Waals surface area (Å²) in [5.41, 5.74) is 1.70. The highest BCUT2D eigenvalue weighted by molar-refractivity contribution is 5.67. The van der Waals surface area contributed by atoms with Gasteiger partial charge in [0.15, 0.2) is 5.82 Å². The van der Waals surface area contributed by atoms with Crippen LogP contribution in [0.2, 0.25) is 0 Å². The number of hydrogen-bond acceptors (Lipinski definition) is 3. The lowest BCUT2D eigenvalue weighted by molar-refractivity contribution is -0.135. The van der Waals surface area contributed by atoms with Crippen LogP contribution in [0, 0.1) is 6.92 Å². The summed E-state index contributed by atoms with van der Waals surface area (Å²) in [5, 5.41) is 7.29. The summed E-state index contributed by atoms with van der Waals surface area (Å²) in [5.74, 6) is 0.648. The van der Waals surface area contributed by atoms with Gasteiger partial charge in [-0.3, -0.25) is 0 Å². The van der Waals surface area contributed by atoms with Gasteiger partial charge in [0.25, 0.3) is 0 Å². The van der Waals surface area contributed by atoms with Crippen molar-refractivity contribution in [3.8, 4) is 0 Å². The number of nitrogens with zero attached hydrogens (tertiary/aromatic N) is 3. The van der Waals surface area contributed by atoms with Crippen molar-refractivity contribution in [3.63, 3.8) is 0 Å². The maximum absolute atomic E-state index is 12.0. The van der Waals surface area contributed by atoms with Gasteiger partial charge in [-0.2, -0.15) is 18.3 Å². The van der Waals surface area contributed by atoms with Crippen LogP contribution in [0.4, 0.5) is 19.0 Å². The molecule has 0 saturated carbocycles. The van der Waals surface area contributed by atoms with Crippen molar-refractivity contribution >= 4 is 11.3 Å². The van der Waals surface area contributed by atoms with Crippen LogP contribution in [0.25, 0.3) is 5.52 Å². The van der Waals surface area contributed by atoms with Gasteiger partial charge in [0.2, 0.25) is 0 Å². The van der Waals surface area contributed by atoms with Crippen molar-refractivity contribution in [2.75, 3.05) is 11.9 Å². The number of aromatic nitrogens is 3. The third kappa shape index (κ3) is 3.84. The van der Waals surface area contributed by atoms with E-state index in [1.165, 1.54) is 0 Å². The fraction of sp³-hybridized carbons (Fsp3) is 0.500. The average Bonchev–Trinajstić information content (AvgIpc) is 2.68. The van der Waals surface area contributed by atoms with Crippen LogP contribution in [0.5, 0.6) is 0 Å². The highest BCUT2D eigenvalue weighted by atomic mass is 19.4. The van der Waals surface area contributed by atoms with Gasteiger partial charge in [-0.25, -0.2) is 9.50 Å². The Kier molecular flexibility index (Phi) is 3.92. The Morgan fingerprint density at radius 3 is 2.84 bits per heavy atom. The molecule has 0 amide bonds. The van der Waals surface area contributed by atoms with Crippen LogP contribution in [-0.2, 0) is 0 Å². The molecule has 0 unspecified atom stereocenters. The van der Waals surface area contributed by atoms with Gasteiger partial charge in [0.05, 0.1) is 5.69 Å². The van der Waals surface area contributed by atoms with Gasteiger partial charge in [0, 0.05) is 25.4 Å². The first-order valence-corrected chi connectivity index (χ1v) is 6.07. The number of fused-ring (bicyclic) bond motifs is 1. The van der Waals surface area contributed by atoms with Crippen LogP contribution in [-0.4, -0.2) is 27.3 Å². The van der Waals surface area contributed by atoms with E-state index in [-0.39, 0.29) is 6.42 Å². The minimum atomic E-state index is -4.07. The summed E-state index contributed by atoms with van der Waals surface area (Å²) in [6.45, 7) is 2.34. The van der Waals surface area contributed by atoms with E-state index in [9.17, 15) is 13.2 Å². The molecule has 2 rings (SSSR count). The lowest BCUT2D eigenvalue weighted by Crippen LogP contribution is -2.09. The zero-order valence-electron chi connectivity index (χ0n) is 10.5. The van der Waals surface area contributed by atoms with Crippen molar-refractivity contribution in [2.24, 2.45) is 0 Å². The summed E-state index contributed by atoms with van der Waals surface area (Å²) in [6.07, 6.45) is -0.888. The SMILES string of the molecule is Cc1cc2c(NCCCCC(F)(F)F)nccn2n1. The standard InChI is InChI=1S/C12H15F3N4/c1-9-8-10-11(17-6-7-19(10)18-9)16-5-3-2-4-12(13,14)15/h6-8H,2-5H2,1H3,(H,16,17). The van der Waals surface area contributed by atoms with Gasteiger partial charge in [-0.15, -0.1) is 0 Å². The molecular formula is C12H15F3N4. The van der Waals surface area contributed by atoms with Gasteiger partial charge in [0.1, 0.15) is 5.52 Å². The van der Waals surface area contributed by atoms with E-state index in [0.29, 0.717) is 18.8 Å². The Hall–Kier alpha value is -1.79. The molecule has 0 fully saturated rings. The third-order valence-electron chi connectivity index (χ3n) is 2.69. The van der Waals surface area contributed by atoms with E-state index in [1.807, 2.05) is 13.0 Å². The summed E-state index contributed by atoms with van der Waals surface area (Å²) >= 11 is 0. The summed E-state index contributed by atoms with van der Waals surface area (Å²) in [6, 6.07) is 1.88. The van der Waals surface area contributed by atoms with E-state index in [1.54, 1.807) is 16.9 Å². The first kappa shape index (κ1) is 13.6. The Morgan fingerprint density at radius 1 is 1.32 bits per heavy atom. The first-order chi connectivity index (χ1) is 8.96. The summed E-state index contributed by atoms with van der Waals surface area (Å²) in [4.78, 5) is 4.17. The second-order valence-electron chi connectivity index (χ2n) is 4.39. The molecule has 0 spiro atoms. The third-order valence-corrected chi connectivity index (χ3v) is 2.69. The Balaban J connectivity index is 1.88. The molecular weight excluding hydrogens is 257 g/mol. The highest BCUT2D eigenvalue weighted by Crippen LogP contribution is 2.22. The molecule has 7 heteroatoms. The van der Waals surface area contributed by atoms with E-state index in [2.05, 4.69) is 15.4 Å². The molecule has 1 N–H and O–H groups in total. The quantitative estimate of drug-likeness (QED) is 0.850. The fourth-order valence-electron chi connectivity index (χ4n) is 1.84. The maximum atomic E-state index is 12.0. The van der Waals surface area contributed by atoms with Gasteiger partial charge in [-0.1, -0.05) is 0 Å². The highest BCUT2D eigenvalue weighted by Gasteiger charge is 2.25. The summed E-state index contributed by atoms with van der Waals surface area (Å²) in [7, 11) is 0. The molecule has 19 heavy (non-hydrogen) atoms. The molecule has 2 aromatic rings. The number of anilines is 1. The predicted molar refractivity (Wildman–Crippen MR) is 66.1 cm³/mol. The number of aryl methyl sites for hydroxylation is 1. The first-order valence-electron chi connectivity index (χ1n) is 6.07. The Labute approximate surface area is 108 Å². The van der Waals surface area contributed by atoms with Crippen molar-refractivity contribution in [3.05, 3.63) is 24.2 Å². The number of nitrogens with one attached hydrogen (secondary N) is 1. The number of alkyl halides is 3.